The molecule has 0 radical (unpaired) electrons. The Morgan fingerprint density at radius 1 is 1.31 bits per heavy atom. The molecule has 0 bridgehead atoms. The summed E-state index contributed by atoms with van der Waals surface area (Å²) in [4.78, 5) is 0. The monoisotopic (exact) mass is 172 g/mol. The molecule has 0 unspecified atom stereocenters. The van der Waals surface area contributed by atoms with Crippen molar-refractivity contribution in [1.29, 1.82) is 5.26 Å². The minimum absolute atomic E-state index is 0.199. The van der Waals surface area contributed by atoms with E-state index >= 15 is 0 Å². The summed E-state index contributed by atoms with van der Waals surface area (Å²) in [5.74, 6) is 0. The van der Waals surface area contributed by atoms with Gasteiger partial charge in [0, 0.05) is 6.54 Å². The van der Waals surface area contributed by atoms with Gasteiger partial charge in [-0.05, 0) is 18.4 Å². The van der Waals surface area contributed by atoms with E-state index in [1.165, 1.54) is 5.56 Å². The first-order chi connectivity index (χ1) is 6.35. The predicted molar refractivity (Wildman–Crippen MR) is 50.9 cm³/mol. The molecule has 1 aromatic rings. The molecule has 1 N–H and O–H groups in total. The molecule has 2 rings (SSSR count). The van der Waals surface area contributed by atoms with Gasteiger partial charge in [0.05, 0.1) is 6.07 Å². The summed E-state index contributed by atoms with van der Waals surface area (Å²) in [7, 11) is 0. The molecule has 1 aliphatic rings. The van der Waals surface area contributed by atoms with E-state index < -0.39 is 0 Å². The zero-order valence-electron chi connectivity index (χ0n) is 7.46. The molecule has 13 heavy (non-hydrogen) atoms. The fourth-order valence-electron chi connectivity index (χ4n) is 1.32. The van der Waals surface area contributed by atoms with Gasteiger partial charge in [-0.15, -0.1) is 0 Å². The average molecular weight is 172 g/mol. The van der Waals surface area contributed by atoms with Crippen LogP contribution in [0.25, 0.3) is 0 Å². The Bertz CT molecular complexity index is 320. The molecule has 0 amide bonds. The molecular formula is C11H12N2. The van der Waals surface area contributed by atoms with Crippen LogP contribution in [0.3, 0.4) is 0 Å². The van der Waals surface area contributed by atoms with E-state index in [9.17, 15) is 0 Å². The van der Waals surface area contributed by atoms with Gasteiger partial charge >= 0.3 is 0 Å². The molecule has 1 aromatic carbocycles. The quantitative estimate of drug-likeness (QED) is 0.755. The SMILES string of the molecule is N#CC1(NCc2ccccc2)CC1. The second kappa shape index (κ2) is 3.20. The Balaban J connectivity index is 1.91. The zero-order chi connectivity index (χ0) is 9.15. The maximum atomic E-state index is 8.82. The van der Waals surface area contributed by atoms with Crippen molar-refractivity contribution in [3.8, 4) is 6.07 Å². The third-order valence-electron chi connectivity index (χ3n) is 2.44. The highest BCUT2D eigenvalue weighted by molar-refractivity contribution is 5.21. The summed E-state index contributed by atoms with van der Waals surface area (Å²) >= 11 is 0. The van der Waals surface area contributed by atoms with Crippen LogP contribution in [-0.4, -0.2) is 5.54 Å². The van der Waals surface area contributed by atoms with Crippen LogP contribution in [0.2, 0.25) is 0 Å². The van der Waals surface area contributed by atoms with Crippen molar-refractivity contribution in [2.75, 3.05) is 0 Å². The van der Waals surface area contributed by atoms with Crippen molar-refractivity contribution in [3.05, 3.63) is 35.9 Å². The van der Waals surface area contributed by atoms with Crippen molar-refractivity contribution in [2.24, 2.45) is 0 Å². The fraction of sp³-hybridized carbons (Fsp3) is 0.364. The number of hydrogen-bond acceptors (Lipinski definition) is 2. The Hall–Kier alpha value is -1.33. The van der Waals surface area contributed by atoms with Crippen molar-refractivity contribution < 1.29 is 0 Å². The first-order valence-corrected chi connectivity index (χ1v) is 4.55. The normalized spacial score (nSPS) is 17.8. The average Bonchev–Trinajstić information content (AvgIpc) is 2.97. The third kappa shape index (κ3) is 1.88. The second-order valence-corrected chi connectivity index (χ2v) is 3.53. The van der Waals surface area contributed by atoms with Crippen molar-refractivity contribution in [3.63, 3.8) is 0 Å². The van der Waals surface area contributed by atoms with Crippen molar-refractivity contribution in [2.45, 2.75) is 24.9 Å². The molecule has 2 heteroatoms. The van der Waals surface area contributed by atoms with Crippen LogP contribution >= 0.6 is 0 Å². The minimum atomic E-state index is -0.199. The minimum Gasteiger partial charge on any atom is -0.295 e. The van der Waals surface area contributed by atoms with E-state index in [-0.39, 0.29) is 5.54 Å². The summed E-state index contributed by atoms with van der Waals surface area (Å²) < 4.78 is 0. The van der Waals surface area contributed by atoms with E-state index in [0.29, 0.717) is 0 Å². The van der Waals surface area contributed by atoms with Crippen LogP contribution in [0.1, 0.15) is 18.4 Å². The molecule has 2 nitrogen and oxygen atoms in total. The summed E-state index contributed by atoms with van der Waals surface area (Å²) in [6, 6.07) is 12.5. The molecule has 1 saturated carbocycles. The Morgan fingerprint density at radius 2 is 2.00 bits per heavy atom. The lowest BCUT2D eigenvalue weighted by Crippen LogP contribution is -2.28. The van der Waals surface area contributed by atoms with Crippen LogP contribution in [0, 0.1) is 11.3 Å². The number of hydrogen-bond donors (Lipinski definition) is 1. The highest BCUT2D eigenvalue weighted by Gasteiger charge is 2.42. The number of nitrogens with one attached hydrogen (secondary N) is 1. The van der Waals surface area contributed by atoms with Gasteiger partial charge in [-0.2, -0.15) is 5.26 Å². The molecule has 0 aliphatic heterocycles. The maximum Gasteiger partial charge on any atom is 0.107 e. The van der Waals surface area contributed by atoms with E-state index in [2.05, 4.69) is 23.5 Å². The van der Waals surface area contributed by atoms with Crippen LogP contribution in [0.4, 0.5) is 0 Å². The summed E-state index contributed by atoms with van der Waals surface area (Å²) in [5, 5.41) is 12.1. The van der Waals surface area contributed by atoms with Crippen LogP contribution < -0.4 is 5.32 Å². The first-order valence-electron chi connectivity index (χ1n) is 4.55. The molecule has 0 saturated heterocycles. The highest BCUT2D eigenvalue weighted by Crippen LogP contribution is 2.34. The lowest BCUT2D eigenvalue weighted by Gasteiger charge is -2.08. The van der Waals surface area contributed by atoms with Gasteiger partial charge in [0.15, 0.2) is 0 Å². The van der Waals surface area contributed by atoms with Gasteiger partial charge in [-0.25, -0.2) is 0 Å². The summed E-state index contributed by atoms with van der Waals surface area (Å²) in [6.07, 6.45) is 1.99. The zero-order valence-corrected chi connectivity index (χ0v) is 7.46. The first kappa shape index (κ1) is 8.28. The van der Waals surface area contributed by atoms with Crippen molar-refractivity contribution in [1.82, 2.24) is 5.32 Å². The van der Waals surface area contributed by atoms with Gasteiger partial charge in [-0.3, -0.25) is 5.32 Å². The predicted octanol–water partition coefficient (Wildman–Crippen LogP) is 1.83. The molecular weight excluding hydrogens is 160 g/mol. The smallest absolute Gasteiger partial charge is 0.107 e. The molecule has 0 heterocycles. The van der Waals surface area contributed by atoms with Gasteiger partial charge < -0.3 is 0 Å². The van der Waals surface area contributed by atoms with Crippen molar-refractivity contribution >= 4 is 0 Å². The fourth-order valence-corrected chi connectivity index (χ4v) is 1.32. The van der Waals surface area contributed by atoms with Crippen LogP contribution in [0.15, 0.2) is 30.3 Å². The largest absolute Gasteiger partial charge is 0.295 e. The molecule has 1 fully saturated rings. The van der Waals surface area contributed by atoms with E-state index in [0.717, 1.165) is 19.4 Å². The highest BCUT2D eigenvalue weighted by atomic mass is 15.0. The number of nitrogens with zero attached hydrogens (tertiary/aromatic N) is 1. The van der Waals surface area contributed by atoms with Crippen LogP contribution in [-0.2, 0) is 6.54 Å². The second-order valence-electron chi connectivity index (χ2n) is 3.53. The Kier molecular flexibility index (Phi) is 2.03. The van der Waals surface area contributed by atoms with Crippen LogP contribution in [0.5, 0.6) is 0 Å². The number of benzene rings is 1. The van der Waals surface area contributed by atoms with Gasteiger partial charge in [-0.1, -0.05) is 30.3 Å². The van der Waals surface area contributed by atoms with Gasteiger partial charge in [0.25, 0.3) is 0 Å². The number of rotatable bonds is 3. The number of nitriles is 1. The molecule has 1 aliphatic carbocycles. The Morgan fingerprint density at radius 3 is 2.54 bits per heavy atom. The molecule has 0 aromatic heterocycles. The van der Waals surface area contributed by atoms with E-state index in [1.807, 2.05) is 18.2 Å². The lowest BCUT2D eigenvalue weighted by molar-refractivity contribution is 0.596. The van der Waals surface area contributed by atoms with Gasteiger partial charge in [0.1, 0.15) is 5.54 Å². The molecule has 66 valence electrons. The molecule has 0 atom stereocenters. The maximum absolute atomic E-state index is 8.82. The topological polar surface area (TPSA) is 35.8 Å². The Labute approximate surface area is 78.2 Å². The van der Waals surface area contributed by atoms with Gasteiger partial charge in [0.2, 0.25) is 0 Å². The lowest BCUT2D eigenvalue weighted by atomic mass is 10.2. The molecule has 0 spiro atoms. The van der Waals surface area contributed by atoms with E-state index in [4.69, 9.17) is 5.26 Å². The summed E-state index contributed by atoms with van der Waals surface area (Å²) in [5.41, 5.74) is 1.04. The standard InChI is InChI=1S/C11H12N2/c12-9-11(6-7-11)13-8-10-4-2-1-3-5-10/h1-5,13H,6-8H2. The summed E-state index contributed by atoms with van der Waals surface area (Å²) in [6.45, 7) is 0.800. The van der Waals surface area contributed by atoms with E-state index in [1.54, 1.807) is 0 Å². The third-order valence-corrected chi connectivity index (χ3v) is 2.44.